The Morgan fingerprint density at radius 1 is 1.14 bits per heavy atom. The predicted molar refractivity (Wildman–Crippen MR) is 86.4 cm³/mol. The molecule has 0 spiro atoms. The molecule has 1 aromatic heterocycles. The quantitative estimate of drug-likeness (QED) is 0.819. The molecule has 0 radical (unpaired) electrons. The van der Waals surface area contributed by atoms with Crippen molar-refractivity contribution in [3.05, 3.63) is 17.5 Å². The van der Waals surface area contributed by atoms with Crippen molar-refractivity contribution in [2.24, 2.45) is 0 Å². The lowest BCUT2D eigenvalue weighted by molar-refractivity contribution is 0.269. The van der Waals surface area contributed by atoms with Crippen LogP contribution in [0.15, 0.2) is 6.07 Å². The normalized spacial score (nSPS) is 18.2. The number of nitrogens with zero attached hydrogens (tertiary/aromatic N) is 4. The van der Waals surface area contributed by atoms with Gasteiger partial charge >= 0.3 is 0 Å². The van der Waals surface area contributed by atoms with E-state index in [1.807, 2.05) is 11.6 Å². The Morgan fingerprint density at radius 2 is 1.86 bits per heavy atom. The second-order valence-electron chi connectivity index (χ2n) is 5.51. The third kappa shape index (κ3) is 5.25. The van der Waals surface area contributed by atoms with Gasteiger partial charge in [-0.1, -0.05) is 0 Å². The van der Waals surface area contributed by atoms with E-state index in [2.05, 4.69) is 23.0 Å². The van der Waals surface area contributed by atoms with Gasteiger partial charge in [0.15, 0.2) is 0 Å². The van der Waals surface area contributed by atoms with Gasteiger partial charge in [-0.05, 0) is 32.9 Å². The van der Waals surface area contributed by atoms with E-state index < -0.39 is 10.0 Å². The van der Waals surface area contributed by atoms with E-state index in [0.29, 0.717) is 13.1 Å². The number of aromatic nitrogens is 2. The molecule has 21 heavy (non-hydrogen) atoms. The summed E-state index contributed by atoms with van der Waals surface area (Å²) in [6, 6.07) is 2.08. The van der Waals surface area contributed by atoms with Crippen LogP contribution in [0.3, 0.4) is 0 Å². The van der Waals surface area contributed by atoms with E-state index in [0.717, 1.165) is 38.3 Å². The van der Waals surface area contributed by atoms with Crippen LogP contribution in [0.1, 0.15) is 17.8 Å². The first-order valence-corrected chi connectivity index (χ1v) is 8.89. The summed E-state index contributed by atoms with van der Waals surface area (Å²) in [7, 11) is -3.05. The zero-order chi connectivity index (χ0) is 14.8. The molecule has 0 amide bonds. The molecular formula is C13H25ClN4O2S. The lowest BCUT2D eigenvalue weighted by atomic mass is 10.4. The van der Waals surface area contributed by atoms with Crippen LogP contribution in [0, 0.1) is 13.8 Å². The highest BCUT2D eigenvalue weighted by Gasteiger charge is 2.21. The zero-order valence-electron chi connectivity index (χ0n) is 12.9. The number of aryl methyl sites for hydroxylation is 2. The summed E-state index contributed by atoms with van der Waals surface area (Å²) in [6.45, 7) is 8.81. The molecule has 6 nitrogen and oxygen atoms in total. The second-order valence-corrected chi connectivity index (χ2v) is 7.49. The molecule has 1 aliphatic heterocycles. The summed E-state index contributed by atoms with van der Waals surface area (Å²) in [5.74, 6) is 0. The molecule has 0 N–H and O–H groups in total. The SMILES string of the molecule is Cc1cc(C)n(CCN2CCCN(S(C)(=O)=O)CC2)n1.Cl. The van der Waals surface area contributed by atoms with Crippen LogP contribution in [0.25, 0.3) is 0 Å². The van der Waals surface area contributed by atoms with E-state index in [1.54, 1.807) is 4.31 Å². The van der Waals surface area contributed by atoms with E-state index in [9.17, 15) is 8.42 Å². The number of sulfonamides is 1. The molecule has 1 saturated heterocycles. The fraction of sp³-hybridized carbons (Fsp3) is 0.769. The molecule has 1 aromatic rings. The third-order valence-corrected chi connectivity index (χ3v) is 5.05. The van der Waals surface area contributed by atoms with Crippen molar-refractivity contribution in [1.82, 2.24) is 19.0 Å². The molecule has 2 rings (SSSR count). The molecule has 122 valence electrons. The van der Waals surface area contributed by atoms with Crippen molar-refractivity contribution in [2.45, 2.75) is 26.8 Å². The summed E-state index contributed by atoms with van der Waals surface area (Å²) in [6.07, 6.45) is 2.18. The summed E-state index contributed by atoms with van der Waals surface area (Å²) in [5, 5.41) is 4.46. The topological polar surface area (TPSA) is 58.4 Å². The predicted octanol–water partition coefficient (Wildman–Crippen LogP) is 0.889. The molecule has 0 atom stereocenters. The minimum absolute atomic E-state index is 0. The Morgan fingerprint density at radius 3 is 2.43 bits per heavy atom. The smallest absolute Gasteiger partial charge is 0.211 e. The van der Waals surface area contributed by atoms with Gasteiger partial charge in [-0.25, -0.2) is 12.7 Å². The van der Waals surface area contributed by atoms with Crippen molar-refractivity contribution in [3.63, 3.8) is 0 Å². The molecule has 0 unspecified atom stereocenters. The molecule has 1 aliphatic rings. The van der Waals surface area contributed by atoms with Crippen LogP contribution < -0.4 is 0 Å². The standard InChI is InChI=1S/C13H24N4O2S.ClH/c1-12-11-13(2)17(14-12)10-8-15-5-4-6-16(9-7-15)20(3,18)19;/h11H,4-10H2,1-3H3;1H. The minimum Gasteiger partial charge on any atom is -0.300 e. The monoisotopic (exact) mass is 336 g/mol. The molecule has 0 aliphatic carbocycles. The van der Waals surface area contributed by atoms with Crippen molar-refractivity contribution in [3.8, 4) is 0 Å². The zero-order valence-corrected chi connectivity index (χ0v) is 14.6. The fourth-order valence-electron chi connectivity index (χ4n) is 2.64. The Bertz CT molecular complexity index is 559. The minimum atomic E-state index is -3.05. The van der Waals surface area contributed by atoms with Gasteiger partial charge in [0.1, 0.15) is 0 Å². The van der Waals surface area contributed by atoms with Gasteiger partial charge < -0.3 is 4.90 Å². The Balaban J connectivity index is 0.00000220. The average Bonchev–Trinajstić information content (AvgIpc) is 2.55. The second kappa shape index (κ2) is 7.58. The largest absolute Gasteiger partial charge is 0.300 e. The van der Waals surface area contributed by atoms with Crippen LogP contribution in [-0.2, 0) is 16.6 Å². The summed E-state index contributed by atoms with van der Waals surface area (Å²) in [4.78, 5) is 2.32. The van der Waals surface area contributed by atoms with Crippen LogP contribution in [0.5, 0.6) is 0 Å². The highest BCUT2D eigenvalue weighted by molar-refractivity contribution is 7.88. The molecule has 8 heteroatoms. The third-order valence-electron chi connectivity index (χ3n) is 3.75. The van der Waals surface area contributed by atoms with Gasteiger partial charge in [0.2, 0.25) is 10.0 Å². The van der Waals surface area contributed by atoms with Crippen LogP contribution in [0.4, 0.5) is 0 Å². The Labute approximate surface area is 133 Å². The first-order chi connectivity index (χ1) is 9.36. The molecule has 2 heterocycles. The maximum atomic E-state index is 11.6. The van der Waals surface area contributed by atoms with Crippen molar-refractivity contribution in [1.29, 1.82) is 0 Å². The highest BCUT2D eigenvalue weighted by Crippen LogP contribution is 2.08. The molecule has 0 saturated carbocycles. The van der Waals surface area contributed by atoms with Crippen molar-refractivity contribution < 1.29 is 8.42 Å². The number of halogens is 1. The van der Waals surface area contributed by atoms with Crippen molar-refractivity contribution >= 4 is 22.4 Å². The van der Waals surface area contributed by atoms with E-state index in [4.69, 9.17) is 0 Å². The first kappa shape index (κ1) is 18.4. The van der Waals surface area contributed by atoms with Gasteiger partial charge in [0.05, 0.1) is 18.5 Å². The molecule has 0 bridgehead atoms. The van der Waals surface area contributed by atoms with Crippen LogP contribution in [0.2, 0.25) is 0 Å². The lowest BCUT2D eigenvalue weighted by Gasteiger charge is -2.20. The number of hydrogen-bond donors (Lipinski definition) is 0. The summed E-state index contributed by atoms with van der Waals surface area (Å²) >= 11 is 0. The Kier molecular flexibility index (Phi) is 6.65. The van der Waals surface area contributed by atoms with Gasteiger partial charge in [-0.3, -0.25) is 4.68 Å². The van der Waals surface area contributed by atoms with Gasteiger partial charge in [0, 0.05) is 31.9 Å². The van der Waals surface area contributed by atoms with E-state index in [-0.39, 0.29) is 12.4 Å². The maximum absolute atomic E-state index is 11.6. The summed E-state index contributed by atoms with van der Waals surface area (Å²) < 4.78 is 26.7. The lowest BCUT2D eigenvalue weighted by Crippen LogP contribution is -2.35. The molecular weight excluding hydrogens is 312 g/mol. The maximum Gasteiger partial charge on any atom is 0.211 e. The van der Waals surface area contributed by atoms with E-state index in [1.165, 1.54) is 11.9 Å². The van der Waals surface area contributed by atoms with Gasteiger partial charge in [-0.15, -0.1) is 12.4 Å². The highest BCUT2D eigenvalue weighted by atomic mass is 35.5. The van der Waals surface area contributed by atoms with Crippen molar-refractivity contribution in [2.75, 3.05) is 39.0 Å². The van der Waals surface area contributed by atoms with E-state index >= 15 is 0 Å². The number of rotatable bonds is 4. The first-order valence-electron chi connectivity index (χ1n) is 7.05. The molecule has 0 aromatic carbocycles. The van der Waals surface area contributed by atoms with Crippen LogP contribution in [-0.4, -0.2) is 66.4 Å². The Hall–Kier alpha value is -0.630. The number of hydrogen-bond acceptors (Lipinski definition) is 4. The molecule has 1 fully saturated rings. The van der Waals surface area contributed by atoms with Crippen LogP contribution >= 0.6 is 12.4 Å². The van der Waals surface area contributed by atoms with Gasteiger partial charge in [-0.2, -0.15) is 5.10 Å². The fourth-order valence-corrected chi connectivity index (χ4v) is 3.51. The average molecular weight is 337 g/mol. The summed E-state index contributed by atoms with van der Waals surface area (Å²) in [5.41, 5.74) is 2.22. The van der Waals surface area contributed by atoms with Gasteiger partial charge in [0.25, 0.3) is 0 Å².